The molecule has 0 aliphatic carbocycles. The first-order chi connectivity index (χ1) is 10.1. The number of nitrogens with zero attached hydrogens (tertiary/aromatic N) is 1. The zero-order valence-electron chi connectivity index (χ0n) is 11.8. The second kappa shape index (κ2) is 5.58. The second-order valence-corrected chi connectivity index (χ2v) is 6.37. The molecular formula is C18H16BrNO. The standard InChI is InChI=1S/C18H16BrNO/c1-18(21,12-13-7-9-14(19)10-8-13)16-5-2-6-17-15(16)4-3-11-20-17/h2-11,21H,12H2,1H3. The van der Waals surface area contributed by atoms with Crippen molar-refractivity contribution in [2.75, 3.05) is 0 Å². The van der Waals surface area contributed by atoms with Gasteiger partial charge in [0.25, 0.3) is 0 Å². The third-order valence-corrected chi connectivity index (χ3v) is 4.22. The summed E-state index contributed by atoms with van der Waals surface area (Å²) >= 11 is 3.43. The largest absolute Gasteiger partial charge is 0.385 e. The third kappa shape index (κ3) is 2.99. The van der Waals surface area contributed by atoms with Gasteiger partial charge in [-0.1, -0.05) is 46.3 Å². The van der Waals surface area contributed by atoms with E-state index in [4.69, 9.17) is 0 Å². The molecule has 0 saturated heterocycles. The van der Waals surface area contributed by atoms with Crippen molar-refractivity contribution in [2.24, 2.45) is 0 Å². The number of pyridine rings is 1. The molecule has 2 aromatic carbocycles. The monoisotopic (exact) mass is 341 g/mol. The Kier molecular flexibility index (Phi) is 3.79. The molecule has 21 heavy (non-hydrogen) atoms. The molecule has 1 unspecified atom stereocenters. The van der Waals surface area contributed by atoms with Gasteiger partial charge < -0.3 is 5.11 Å². The first kappa shape index (κ1) is 14.2. The average molecular weight is 342 g/mol. The summed E-state index contributed by atoms with van der Waals surface area (Å²) in [5, 5.41) is 12.0. The van der Waals surface area contributed by atoms with E-state index in [1.165, 1.54) is 0 Å². The Hall–Kier alpha value is -1.71. The molecule has 0 aliphatic heterocycles. The van der Waals surface area contributed by atoms with Gasteiger partial charge in [0.1, 0.15) is 0 Å². The summed E-state index contributed by atoms with van der Waals surface area (Å²) in [5.41, 5.74) is 1.99. The molecule has 0 bridgehead atoms. The van der Waals surface area contributed by atoms with Crippen molar-refractivity contribution in [3.8, 4) is 0 Å². The molecule has 1 heterocycles. The van der Waals surface area contributed by atoms with Crippen LogP contribution < -0.4 is 0 Å². The minimum Gasteiger partial charge on any atom is -0.385 e. The van der Waals surface area contributed by atoms with Crippen LogP contribution in [0.1, 0.15) is 18.1 Å². The molecule has 106 valence electrons. The van der Waals surface area contributed by atoms with Crippen LogP contribution in [-0.2, 0) is 12.0 Å². The molecule has 0 spiro atoms. The van der Waals surface area contributed by atoms with Gasteiger partial charge >= 0.3 is 0 Å². The lowest BCUT2D eigenvalue weighted by molar-refractivity contribution is 0.0592. The van der Waals surface area contributed by atoms with Gasteiger partial charge in [0.15, 0.2) is 0 Å². The summed E-state index contributed by atoms with van der Waals surface area (Å²) in [5.74, 6) is 0. The lowest BCUT2D eigenvalue weighted by atomic mass is 9.87. The third-order valence-electron chi connectivity index (χ3n) is 3.69. The van der Waals surface area contributed by atoms with Gasteiger partial charge in [-0.15, -0.1) is 0 Å². The highest BCUT2D eigenvalue weighted by Crippen LogP contribution is 2.31. The van der Waals surface area contributed by atoms with Crippen molar-refractivity contribution < 1.29 is 5.11 Å². The van der Waals surface area contributed by atoms with Crippen LogP contribution >= 0.6 is 15.9 Å². The van der Waals surface area contributed by atoms with Crippen LogP contribution in [0.4, 0.5) is 0 Å². The summed E-state index contributed by atoms with van der Waals surface area (Å²) in [6.45, 7) is 1.86. The number of hydrogen-bond donors (Lipinski definition) is 1. The van der Waals surface area contributed by atoms with Gasteiger partial charge in [0.2, 0.25) is 0 Å². The topological polar surface area (TPSA) is 33.1 Å². The van der Waals surface area contributed by atoms with Crippen LogP contribution in [0.15, 0.2) is 65.3 Å². The Labute approximate surface area is 132 Å². The number of aromatic nitrogens is 1. The van der Waals surface area contributed by atoms with Crippen LogP contribution in [0.25, 0.3) is 10.9 Å². The fourth-order valence-corrected chi connectivity index (χ4v) is 2.93. The normalized spacial score (nSPS) is 14.0. The van der Waals surface area contributed by atoms with Gasteiger partial charge in [-0.05, 0) is 42.3 Å². The minimum atomic E-state index is -0.934. The van der Waals surface area contributed by atoms with E-state index in [0.29, 0.717) is 6.42 Å². The van der Waals surface area contributed by atoms with E-state index in [1.54, 1.807) is 6.20 Å². The fraction of sp³-hybridized carbons (Fsp3) is 0.167. The number of benzene rings is 2. The summed E-state index contributed by atoms with van der Waals surface area (Å²) in [7, 11) is 0. The number of halogens is 1. The molecule has 3 aromatic rings. The molecule has 1 aromatic heterocycles. The molecule has 1 atom stereocenters. The highest BCUT2D eigenvalue weighted by Gasteiger charge is 2.25. The van der Waals surface area contributed by atoms with Gasteiger partial charge in [0, 0.05) is 22.5 Å². The van der Waals surface area contributed by atoms with Crippen LogP contribution in [0, 0.1) is 0 Å². The number of aliphatic hydroxyl groups is 1. The molecule has 0 radical (unpaired) electrons. The zero-order valence-corrected chi connectivity index (χ0v) is 13.3. The number of rotatable bonds is 3. The summed E-state index contributed by atoms with van der Waals surface area (Å²) in [6, 6.07) is 17.9. The van der Waals surface area contributed by atoms with E-state index in [1.807, 2.05) is 61.5 Å². The lowest BCUT2D eigenvalue weighted by Crippen LogP contribution is -2.24. The van der Waals surface area contributed by atoms with Crippen molar-refractivity contribution in [3.63, 3.8) is 0 Å². The Morgan fingerprint density at radius 1 is 1.05 bits per heavy atom. The summed E-state index contributed by atoms with van der Waals surface area (Å²) in [6.07, 6.45) is 2.34. The van der Waals surface area contributed by atoms with Crippen LogP contribution in [0.2, 0.25) is 0 Å². The fourth-order valence-electron chi connectivity index (χ4n) is 2.67. The van der Waals surface area contributed by atoms with E-state index < -0.39 is 5.60 Å². The first-order valence-electron chi connectivity index (χ1n) is 6.87. The van der Waals surface area contributed by atoms with Crippen LogP contribution in [0.3, 0.4) is 0 Å². The SMILES string of the molecule is CC(O)(Cc1ccc(Br)cc1)c1cccc2ncccc12. The van der Waals surface area contributed by atoms with E-state index in [0.717, 1.165) is 26.5 Å². The van der Waals surface area contributed by atoms with Gasteiger partial charge in [-0.3, -0.25) is 4.98 Å². The van der Waals surface area contributed by atoms with E-state index in [-0.39, 0.29) is 0 Å². The summed E-state index contributed by atoms with van der Waals surface area (Å²) in [4.78, 5) is 4.36. The highest BCUT2D eigenvalue weighted by molar-refractivity contribution is 9.10. The predicted molar refractivity (Wildman–Crippen MR) is 89.2 cm³/mol. The Bertz CT molecular complexity index is 760. The van der Waals surface area contributed by atoms with E-state index >= 15 is 0 Å². The molecular weight excluding hydrogens is 326 g/mol. The quantitative estimate of drug-likeness (QED) is 0.763. The van der Waals surface area contributed by atoms with Gasteiger partial charge in [0.05, 0.1) is 11.1 Å². The highest BCUT2D eigenvalue weighted by atomic mass is 79.9. The molecule has 1 N–H and O–H groups in total. The first-order valence-corrected chi connectivity index (χ1v) is 7.67. The van der Waals surface area contributed by atoms with E-state index in [9.17, 15) is 5.11 Å². The van der Waals surface area contributed by atoms with Crippen LogP contribution in [-0.4, -0.2) is 10.1 Å². The number of fused-ring (bicyclic) bond motifs is 1. The average Bonchev–Trinajstić information content (AvgIpc) is 2.49. The van der Waals surface area contributed by atoms with Crippen molar-refractivity contribution >= 4 is 26.8 Å². The van der Waals surface area contributed by atoms with Gasteiger partial charge in [-0.25, -0.2) is 0 Å². The molecule has 3 heteroatoms. The minimum absolute atomic E-state index is 0.564. The van der Waals surface area contributed by atoms with Crippen molar-refractivity contribution in [3.05, 3.63) is 76.4 Å². The molecule has 0 fully saturated rings. The molecule has 0 aliphatic rings. The maximum Gasteiger partial charge on any atom is 0.0915 e. The number of hydrogen-bond acceptors (Lipinski definition) is 2. The van der Waals surface area contributed by atoms with Crippen molar-refractivity contribution in [1.82, 2.24) is 4.98 Å². The Morgan fingerprint density at radius 2 is 1.81 bits per heavy atom. The maximum atomic E-state index is 11.0. The maximum absolute atomic E-state index is 11.0. The summed E-state index contributed by atoms with van der Waals surface area (Å²) < 4.78 is 1.04. The molecule has 2 nitrogen and oxygen atoms in total. The zero-order chi connectivity index (χ0) is 14.9. The Balaban J connectivity index is 2.01. The van der Waals surface area contributed by atoms with Crippen molar-refractivity contribution in [1.29, 1.82) is 0 Å². The molecule has 0 saturated carbocycles. The van der Waals surface area contributed by atoms with E-state index in [2.05, 4.69) is 20.9 Å². The molecule has 3 rings (SSSR count). The lowest BCUT2D eigenvalue weighted by Gasteiger charge is -2.25. The van der Waals surface area contributed by atoms with Crippen LogP contribution in [0.5, 0.6) is 0 Å². The molecule has 0 amide bonds. The second-order valence-electron chi connectivity index (χ2n) is 5.45. The van der Waals surface area contributed by atoms with Crippen molar-refractivity contribution in [2.45, 2.75) is 18.9 Å². The predicted octanol–water partition coefficient (Wildman–Crippen LogP) is 4.45. The Morgan fingerprint density at radius 3 is 2.57 bits per heavy atom. The van der Waals surface area contributed by atoms with Gasteiger partial charge in [-0.2, -0.15) is 0 Å². The smallest absolute Gasteiger partial charge is 0.0915 e.